The number of rotatable bonds is 3. The van der Waals surface area contributed by atoms with Crippen LogP contribution in [0, 0.1) is 0 Å². The summed E-state index contributed by atoms with van der Waals surface area (Å²) in [6.45, 7) is 0. The Morgan fingerprint density at radius 1 is 1.14 bits per heavy atom. The van der Waals surface area contributed by atoms with Gasteiger partial charge in [-0.05, 0) is 31.0 Å². The molecule has 1 aromatic rings. The predicted octanol–water partition coefficient (Wildman–Crippen LogP) is 2.83. The van der Waals surface area contributed by atoms with Gasteiger partial charge in [0.1, 0.15) is 4.90 Å². The first-order chi connectivity index (χ1) is 10.4. The maximum atomic E-state index is 12.3. The number of carbonyl (C=O) groups excluding carboxylic acids is 1. The van der Waals surface area contributed by atoms with Crippen LogP contribution in [0.3, 0.4) is 0 Å². The number of primary sulfonamides is 1. The van der Waals surface area contributed by atoms with E-state index in [2.05, 4.69) is 5.32 Å². The molecule has 1 saturated carbocycles. The van der Waals surface area contributed by atoms with Gasteiger partial charge in [0.2, 0.25) is 10.0 Å². The van der Waals surface area contributed by atoms with Crippen molar-refractivity contribution >= 4 is 27.5 Å². The molecule has 0 aromatic heterocycles. The van der Waals surface area contributed by atoms with Gasteiger partial charge in [0.05, 0.1) is 5.02 Å². The van der Waals surface area contributed by atoms with Crippen molar-refractivity contribution in [1.82, 2.24) is 5.32 Å². The number of nitrogens with two attached hydrogens (primary N) is 1. The lowest BCUT2D eigenvalue weighted by Gasteiger charge is -2.21. The summed E-state index contributed by atoms with van der Waals surface area (Å²) in [5, 5.41) is 8.11. The van der Waals surface area contributed by atoms with Gasteiger partial charge in [-0.3, -0.25) is 4.79 Å². The molecule has 1 aliphatic carbocycles. The van der Waals surface area contributed by atoms with E-state index in [9.17, 15) is 13.2 Å². The number of benzene rings is 1. The van der Waals surface area contributed by atoms with Crippen LogP contribution in [0.15, 0.2) is 23.1 Å². The summed E-state index contributed by atoms with van der Waals surface area (Å²) in [4.78, 5) is 12.1. The van der Waals surface area contributed by atoms with Crippen molar-refractivity contribution in [3.8, 4) is 0 Å². The van der Waals surface area contributed by atoms with Gasteiger partial charge in [-0.15, -0.1) is 0 Å². The summed E-state index contributed by atoms with van der Waals surface area (Å²) in [5.74, 6) is -0.285. The lowest BCUT2D eigenvalue weighted by Crippen LogP contribution is -2.35. The van der Waals surface area contributed by atoms with Crippen LogP contribution in [-0.4, -0.2) is 20.4 Å². The molecule has 0 unspecified atom stereocenters. The smallest absolute Gasteiger partial charge is 0.251 e. The predicted molar refractivity (Wildman–Crippen MR) is 86.4 cm³/mol. The maximum absolute atomic E-state index is 12.3. The number of nitrogens with one attached hydrogen (secondary N) is 1. The molecule has 7 heteroatoms. The van der Waals surface area contributed by atoms with Crippen LogP contribution < -0.4 is 10.5 Å². The topological polar surface area (TPSA) is 89.3 Å². The van der Waals surface area contributed by atoms with Gasteiger partial charge >= 0.3 is 0 Å². The summed E-state index contributed by atoms with van der Waals surface area (Å²) in [6, 6.07) is 4.26. The number of halogens is 1. The normalized spacial score (nSPS) is 17.5. The molecule has 1 aromatic carbocycles. The summed E-state index contributed by atoms with van der Waals surface area (Å²) in [7, 11) is -3.95. The zero-order valence-corrected chi connectivity index (χ0v) is 13.9. The Hall–Kier alpha value is -1.11. The van der Waals surface area contributed by atoms with Crippen LogP contribution in [0.25, 0.3) is 0 Å². The monoisotopic (exact) mass is 344 g/mol. The van der Waals surface area contributed by atoms with Crippen LogP contribution >= 0.6 is 11.6 Å². The van der Waals surface area contributed by atoms with Gasteiger partial charge < -0.3 is 5.32 Å². The molecule has 2 rings (SSSR count). The summed E-state index contributed by atoms with van der Waals surface area (Å²) >= 11 is 5.83. The first-order valence-electron chi connectivity index (χ1n) is 7.51. The van der Waals surface area contributed by atoms with Gasteiger partial charge in [-0.1, -0.05) is 43.7 Å². The van der Waals surface area contributed by atoms with E-state index in [0.29, 0.717) is 0 Å². The summed E-state index contributed by atoms with van der Waals surface area (Å²) < 4.78 is 22.9. The van der Waals surface area contributed by atoms with E-state index < -0.39 is 10.0 Å². The number of sulfonamides is 1. The zero-order valence-electron chi connectivity index (χ0n) is 12.3. The van der Waals surface area contributed by atoms with E-state index in [0.717, 1.165) is 25.7 Å². The SMILES string of the molecule is NS(=O)(=O)c1cc(C(=O)NC2CCCCCCC2)ccc1Cl. The van der Waals surface area contributed by atoms with Crippen molar-refractivity contribution in [2.75, 3.05) is 0 Å². The average Bonchev–Trinajstić information content (AvgIpc) is 2.40. The molecule has 122 valence electrons. The van der Waals surface area contributed by atoms with Crippen LogP contribution in [0.4, 0.5) is 0 Å². The molecule has 0 heterocycles. The number of carbonyl (C=O) groups is 1. The second-order valence-corrected chi connectivity index (χ2v) is 7.64. The fraction of sp³-hybridized carbons (Fsp3) is 0.533. The Balaban J connectivity index is 2.12. The molecular weight excluding hydrogens is 324 g/mol. The van der Waals surface area contributed by atoms with E-state index in [-0.39, 0.29) is 27.4 Å². The standard InChI is InChI=1S/C15H21ClN2O3S/c16-13-9-8-11(10-14(13)22(17,20)21)15(19)18-12-6-4-2-1-3-5-7-12/h8-10,12H,1-7H2,(H,18,19)(H2,17,20,21). The number of hydrogen-bond donors (Lipinski definition) is 2. The second-order valence-electron chi connectivity index (χ2n) is 5.71. The fourth-order valence-corrected chi connectivity index (χ4v) is 3.80. The Morgan fingerprint density at radius 2 is 1.73 bits per heavy atom. The molecule has 0 saturated heterocycles. The molecule has 5 nitrogen and oxygen atoms in total. The van der Waals surface area contributed by atoms with Crippen molar-refractivity contribution in [2.45, 2.75) is 55.9 Å². The lowest BCUT2D eigenvalue weighted by molar-refractivity contribution is 0.0930. The van der Waals surface area contributed by atoms with E-state index in [1.165, 1.54) is 37.5 Å². The quantitative estimate of drug-likeness (QED) is 0.883. The highest BCUT2D eigenvalue weighted by Crippen LogP contribution is 2.22. The minimum atomic E-state index is -3.95. The van der Waals surface area contributed by atoms with Crippen LogP contribution in [-0.2, 0) is 10.0 Å². The third-order valence-corrected chi connectivity index (χ3v) is 5.33. The number of amides is 1. The molecule has 1 amide bonds. The van der Waals surface area contributed by atoms with Crippen molar-refractivity contribution in [3.05, 3.63) is 28.8 Å². The van der Waals surface area contributed by atoms with Gasteiger partial charge in [-0.2, -0.15) is 0 Å². The summed E-state index contributed by atoms with van der Waals surface area (Å²) in [5.41, 5.74) is 0.260. The molecule has 0 aliphatic heterocycles. The van der Waals surface area contributed by atoms with E-state index in [1.807, 2.05) is 0 Å². The van der Waals surface area contributed by atoms with Crippen LogP contribution in [0.1, 0.15) is 55.3 Å². The van der Waals surface area contributed by atoms with E-state index in [1.54, 1.807) is 0 Å². The Labute approximate surface area is 136 Å². The first kappa shape index (κ1) is 17.2. The lowest BCUT2D eigenvalue weighted by atomic mass is 9.96. The highest BCUT2D eigenvalue weighted by atomic mass is 35.5. The van der Waals surface area contributed by atoms with Crippen LogP contribution in [0.5, 0.6) is 0 Å². The molecule has 0 spiro atoms. The van der Waals surface area contributed by atoms with Gasteiger partial charge in [0, 0.05) is 11.6 Å². The largest absolute Gasteiger partial charge is 0.349 e. The first-order valence-corrected chi connectivity index (χ1v) is 9.43. The zero-order chi connectivity index (χ0) is 16.2. The minimum absolute atomic E-state index is 0.0185. The van der Waals surface area contributed by atoms with Crippen LogP contribution in [0.2, 0.25) is 5.02 Å². The van der Waals surface area contributed by atoms with E-state index >= 15 is 0 Å². The fourth-order valence-electron chi connectivity index (χ4n) is 2.73. The minimum Gasteiger partial charge on any atom is -0.349 e. The Kier molecular flexibility index (Phi) is 5.83. The van der Waals surface area contributed by atoms with Gasteiger partial charge in [-0.25, -0.2) is 13.6 Å². The molecule has 1 fully saturated rings. The molecule has 22 heavy (non-hydrogen) atoms. The average molecular weight is 345 g/mol. The maximum Gasteiger partial charge on any atom is 0.251 e. The Bertz CT molecular complexity index is 638. The second kappa shape index (κ2) is 7.44. The number of hydrogen-bond acceptors (Lipinski definition) is 3. The van der Waals surface area contributed by atoms with Gasteiger partial charge in [0.15, 0.2) is 0 Å². The highest BCUT2D eigenvalue weighted by molar-refractivity contribution is 7.89. The molecule has 3 N–H and O–H groups in total. The van der Waals surface area contributed by atoms with Crippen molar-refractivity contribution in [1.29, 1.82) is 0 Å². The molecule has 0 atom stereocenters. The molecular formula is C15H21ClN2O3S. The third kappa shape index (κ3) is 4.69. The van der Waals surface area contributed by atoms with Gasteiger partial charge in [0.25, 0.3) is 5.91 Å². The van der Waals surface area contributed by atoms with E-state index in [4.69, 9.17) is 16.7 Å². The Morgan fingerprint density at radius 3 is 2.32 bits per heavy atom. The molecule has 1 aliphatic rings. The summed E-state index contributed by atoms with van der Waals surface area (Å²) in [6.07, 6.45) is 7.78. The van der Waals surface area contributed by atoms with Crippen molar-refractivity contribution < 1.29 is 13.2 Å². The third-order valence-electron chi connectivity index (χ3n) is 3.94. The van der Waals surface area contributed by atoms with Crippen molar-refractivity contribution in [3.63, 3.8) is 0 Å². The molecule has 0 bridgehead atoms. The molecule has 0 radical (unpaired) electrons. The highest BCUT2D eigenvalue weighted by Gasteiger charge is 2.19. The van der Waals surface area contributed by atoms with Crippen molar-refractivity contribution in [2.24, 2.45) is 5.14 Å².